The third-order valence-electron chi connectivity index (χ3n) is 1.63. The minimum absolute atomic E-state index is 0. The largest absolute Gasteiger partial charge is 0.331 e. The molecule has 0 nitrogen and oxygen atoms in total. The van der Waals surface area contributed by atoms with Gasteiger partial charge < -0.3 is 12.8 Å². The summed E-state index contributed by atoms with van der Waals surface area (Å²) in [6.45, 7) is 17.7. The molecule has 0 heterocycles. The van der Waals surface area contributed by atoms with Crippen LogP contribution >= 0.6 is 0 Å². The van der Waals surface area contributed by atoms with Crippen molar-refractivity contribution in [3.63, 3.8) is 0 Å². The molecule has 0 unspecified atom stereocenters. The summed E-state index contributed by atoms with van der Waals surface area (Å²) in [6.07, 6.45) is 6.85. The van der Waals surface area contributed by atoms with Gasteiger partial charge in [0.05, 0.1) is 0 Å². The summed E-state index contributed by atoms with van der Waals surface area (Å²) < 4.78 is 0. The van der Waals surface area contributed by atoms with Crippen LogP contribution in [0, 0.1) is 23.7 Å². The van der Waals surface area contributed by atoms with E-state index in [-0.39, 0.29) is 32.7 Å². The maximum Gasteiger partial charge on any atom is 0 e. The van der Waals surface area contributed by atoms with Gasteiger partial charge in [0.1, 0.15) is 0 Å². The average molecular weight is 287 g/mol. The molecule has 0 atom stereocenters. The molecule has 0 aromatic carbocycles. The van der Waals surface area contributed by atoms with Gasteiger partial charge in [0.25, 0.3) is 0 Å². The second kappa shape index (κ2) is 10.3. The summed E-state index contributed by atoms with van der Waals surface area (Å²) in [5.41, 5.74) is 0.990. The fraction of sp³-hybridized carbons (Fsp3) is 0.857. The first kappa shape index (κ1) is 21.4. The van der Waals surface area contributed by atoms with Gasteiger partial charge in [-0.1, -0.05) is 52.4 Å². The van der Waals surface area contributed by atoms with Crippen LogP contribution in [0.2, 0.25) is 0 Å². The van der Waals surface area contributed by atoms with E-state index in [2.05, 4.69) is 68.2 Å². The molecule has 0 aromatic heterocycles. The predicted molar refractivity (Wildman–Crippen MR) is 68.1 cm³/mol. The Labute approximate surface area is 124 Å². The summed E-state index contributed by atoms with van der Waals surface area (Å²) in [5.74, 6) is 0. The molecule has 1 heteroatoms. The van der Waals surface area contributed by atoms with Gasteiger partial charge in [0, 0.05) is 32.7 Å². The first-order chi connectivity index (χ1) is 6.12. The summed E-state index contributed by atoms with van der Waals surface area (Å²) in [7, 11) is 0. The second-order valence-corrected chi connectivity index (χ2v) is 6.35. The summed E-state index contributed by atoms with van der Waals surface area (Å²) in [5, 5.41) is 0. The molecule has 0 N–H and O–H groups in total. The van der Waals surface area contributed by atoms with Crippen molar-refractivity contribution < 1.29 is 32.7 Å². The smallest absolute Gasteiger partial charge is 0 e. The van der Waals surface area contributed by atoms with Crippen molar-refractivity contribution >= 4 is 0 Å². The van der Waals surface area contributed by atoms with Crippen LogP contribution in [0.15, 0.2) is 0 Å². The van der Waals surface area contributed by atoms with E-state index in [4.69, 9.17) is 0 Å². The van der Waals surface area contributed by atoms with Crippen molar-refractivity contribution in [1.82, 2.24) is 0 Å². The minimum atomic E-state index is 0. The molecule has 0 spiro atoms. The molecule has 1 radical (unpaired) electrons. The molecule has 91 valence electrons. The molecule has 0 rings (SSSR count). The van der Waals surface area contributed by atoms with Crippen LogP contribution in [0.1, 0.15) is 68.2 Å². The minimum Gasteiger partial charge on any atom is -0.331 e. The Kier molecular flexibility index (Phi) is 14.6. The van der Waals surface area contributed by atoms with Gasteiger partial charge in [-0.2, -0.15) is 26.7 Å². The average Bonchev–Trinajstić information content (AvgIpc) is 1.81. The van der Waals surface area contributed by atoms with E-state index in [0.29, 0.717) is 10.8 Å². The SMILES string of the molecule is C[CH-]CC(C)(C)C.C[CH-]CC(C)(C)C.[Y]. The normalized spacial score (nSPS) is 11.2. The molecule has 0 saturated carbocycles. The fourth-order valence-electron chi connectivity index (χ4n) is 1.22. The molecular weight excluding hydrogens is 257 g/mol. The van der Waals surface area contributed by atoms with Crippen LogP contribution in [-0.4, -0.2) is 0 Å². The monoisotopic (exact) mass is 287 g/mol. The van der Waals surface area contributed by atoms with Crippen LogP contribution in [0.5, 0.6) is 0 Å². The molecule has 0 aliphatic heterocycles. The number of rotatable bonds is 2. The van der Waals surface area contributed by atoms with Gasteiger partial charge in [-0.25, -0.2) is 0 Å². The third-order valence-corrected chi connectivity index (χ3v) is 1.63. The van der Waals surface area contributed by atoms with Gasteiger partial charge in [-0.05, 0) is 0 Å². The van der Waals surface area contributed by atoms with Crippen LogP contribution in [0.3, 0.4) is 0 Å². The van der Waals surface area contributed by atoms with Crippen LogP contribution in [0.25, 0.3) is 0 Å². The van der Waals surface area contributed by atoms with Crippen LogP contribution in [0.4, 0.5) is 0 Å². The molecule has 0 saturated heterocycles. The molecular formula is C14H30Y-2. The standard InChI is InChI=1S/2C7H15.Y/c2*1-5-6-7(2,3)4;/h2*5H,6H2,1-4H3;/q2*-1;. The fourth-order valence-corrected chi connectivity index (χ4v) is 1.22. The van der Waals surface area contributed by atoms with Crippen molar-refractivity contribution in [2.75, 3.05) is 0 Å². The van der Waals surface area contributed by atoms with Gasteiger partial charge in [-0.15, -0.1) is 0 Å². The first-order valence-electron chi connectivity index (χ1n) is 5.68. The molecule has 0 aromatic rings. The second-order valence-electron chi connectivity index (χ2n) is 6.35. The third kappa shape index (κ3) is 31.3. The zero-order chi connectivity index (χ0) is 11.8. The van der Waals surface area contributed by atoms with E-state index in [1.165, 1.54) is 12.8 Å². The van der Waals surface area contributed by atoms with Gasteiger partial charge in [-0.3, -0.25) is 0 Å². The van der Waals surface area contributed by atoms with Crippen molar-refractivity contribution in [2.45, 2.75) is 68.2 Å². The van der Waals surface area contributed by atoms with Crippen LogP contribution < -0.4 is 0 Å². The Morgan fingerprint density at radius 1 is 0.667 bits per heavy atom. The van der Waals surface area contributed by atoms with Crippen molar-refractivity contribution in [3.05, 3.63) is 12.8 Å². The quantitative estimate of drug-likeness (QED) is 0.605. The Morgan fingerprint density at radius 3 is 0.867 bits per heavy atom. The maximum atomic E-state index is 2.24. The Morgan fingerprint density at radius 2 is 0.867 bits per heavy atom. The number of hydrogen-bond donors (Lipinski definition) is 0. The van der Waals surface area contributed by atoms with Crippen molar-refractivity contribution in [3.8, 4) is 0 Å². The molecule has 0 amide bonds. The zero-order valence-electron chi connectivity index (χ0n) is 12.1. The molecule has 0 aliphatic rings. The van der Waals surface area contributed by atoms with E-state index < -0.39 is 0 Å². The van der Waals surface area contributed by atoms with Gasteiger partial charge in [0.2, 0.25) is 0 Å². The predicted octanol–water partition coefficient (Wildman–Crippen LogP) is 5.29. The van der Waals surface area contributed by atoms with E-state index in [1.54, 1.807) is 0 Å². The molecule has 0 bridgehead atoms. The zero-order valence-corrected chi connectivity index (χ0v) is 15.0. The van der Waals surface area contributed by atoms with E-state index in [0.717, 1.165) is 0 Å². The van der Waals surface area contributed by atoms with Gasteiger partial charge >= 0.3 is 0 Å². The Hall–Kier alpha value is 1.10. The Bertz CT molecular complexity index is 98.3. The topological polar surface area (TPSA) is 0 Å². The van der Waals surface area contributed by atoms with Crippen molar-refractivity contribution in [2.24, 2.45) is 10.8 Å². The van der Waals surface area contributed by atoms with E-state index >= 15 is 0 Å². The van der Waals surface area contributed by atoms with Crippen molar-refractivity contribution in [1.29, 1.82) is 0 Å². The first-order valence-corrected chi connectivity index (χ1v) is 5.68. The molecule has 15 heavy (non-hydrogen) atoms. The van der Waals surface area contributed by atoms with Crippen LogP contribution in [-0.2, 0) is 32.7 Å². The summed E-state index contributed by atoms with van der Waals surface area (Å²) in [6, 6.07) is 0. The number of hydrogen-bond acceptors (Lipinski definition) is 0. The molecule has 0 fully saturated rings. The maximum absolute atomic E-state index is 2.24. The van der Waals surface area contributed by atoms with E-state index in [9.17, 15) is 0 Å². The summed E-state index contributed by atoms with van der Waals surface area (Å²) in [4.78, 5) is 0. The molecule has 0 aliphatic carbocycles. The Balaban J connectivity index is -0.000000180. The van der Waals surface area contributed by atoms with E-state index in [1.807, 2.05) is 0 Å². The van der Waals surface area contributed by atoms with Gasteiger partial charge in [0.15, 0.2) is 0 Å². The summed E-state index contributed by atoms with van der Waals surface area (Å²) >= 11 is 0.